The first kappa shape index (κ1) is 10.4. The van der Waals surface area contributed by atoms with Crippen LogP contribution in [-0.2, 0) is 0 Å². The average molecular weight is 231 g/mol. The first-order valence-corrected chi connectivity index (χ1v) is 6.07. The summed E-state index contributed by atoms with van der Waals surface area (Å²) in [4.78, 5) is 6.87. The number of methoxy groups -OCH3 is 1. The van der Waals surface area contributed by atoms with Crippen molar-refractivity contribution in [1.82, 2.24) is 10.2 Å². The third-order valence-electron chi connectivity index (χ3n) is 3.45. The van der Waals surface area contributed by atoms with Crippen molar-refractivity contribution in [3.63, 3.8) is 0 Å². The van der Waals surface area contributed by atoms with E-state index in [1.54, 1.807) is 7.11 Å². The van der Waals surface area contributed by atoms with Crippen LogP contribution in [0.3, 0.4) is 0 Å². The molecule has 0 radical (unpaired) electrons. The van der Waals surface area contributed by atoms with Crippen LogP contribution in [0.1, 0.15) is 18.0 Å². The minimum Gasteiger partial charge on any atom is -0.497 e. The third kappa shape index (κ3) is 1.84. The molecular formula is C13H17N3O. The van der Waals surface area contributed by atoms with Crippen LogP contribution in [-0.4, -0.2) is 37.6 Å². The molecule has 1 N–H and O–H groups in total. The summed E-state index contributed by atoms with van der Waals surface area (Å²) in [5, 5.41) is 3.33. The van der Waals surface area contributed by atoms with Gasteiger partial charge in [0.05, 0.1) is 13.2 Å². The van der Waals surface area contributed by atoms with Crippen LogP contribution < -0.4 is 10.1 Å². The van der Waals surface area contributed by atoms with E-state index in [4.69, 9.17) is 4.74 Å². The Morgan fingerprint density at radius 2 is 2.18 bits per heavy atom. The molecule has 3 rings (SSSR count). The smallest absolute Gasteiger partial charge is 0.194 e. The van der Waals surface area contributed by atoms with Gasteiger partial charge in [-0.05, 0) is 24.1 Å². The fraction of sp³-hybridized carbons (Fsp3) is 0.462. The molecule has 0 saturated carbocycles. The highest BCUT2D eigenvalue weighted by molar-refractivity contribution is 5.82. The normalized spacial score (nSPS) is 22.8. The molecule has 90 valence electrons. The lowest BCUT2D eigenvalue weighted by Gasteiger charge is -2.32. The van der Waals surface area contributed by atoms with Gasteiger partial charge in [0.15, 0.2) is 5.96 Å². The highest BCUT2D eigenvalue weighted by atomic mass is 16.5. The van der Waals surface area contributed by atoms with Crippen molar-refractivity contribution in [3.8, 4) is 5.75 Å². The molecule has 2 heterocycles. The first-order chi connectivity index (χ1) is 8.38. The molecule has 1 atom stereocenters. The number of guanidine groups is 1. The van der Waals surface area contributed by atoms with E-state index in [1.165, 1.54) is 5.56 Å². The second kappa shape index (κ2) is 4.28. The Hall–Kier alpha value is -1.71. The molecule has 1 unspecified atom stereocenters. The van der Waals surface area contributed by atoms with Crippen molar-refractivity contribution in [1.29, 1.82) is 0 Å². The van der Waals surface area contributed by atoms with Gasteiger partial charge in [-0.15, -0.1) is 0 Å². The summed E-state index contributed by atoms with van der Waals surface area (Å²) in [6.07, 6.45) is 1.09. The van der Waals surface area contributed by atoms with Crippen molar-refractivity contribution in [3.05, 3.63) is 29.8 Å². The van der Waals surface area contributed by atoms with Crippen LogP contribution in [0.2, 0.25) is 0 Å². The summed E-state index contributed by atoms with van der Waals surface area (Å²) in [6.45, 7) is 2.97. The molecule has 1 saturated heterocycles. The lowest BCUT2D eigenvalue weighted by atomic mass is 10.0. The molecule has 0 amide bonds. The van der Waals surface area contributed by atoms with Gasteiger partial charge in [-0.1, -0.05) is 12.1 Å². The van der Waals surface area contributed by atoms with E-state index in [9.17, 15) is 0 Å². The Balaban J connectivity index is 1.85. The minimum absolute atomic E-state index is 0.461. The Bertz CT molecular complexity index is 427. The fourth-order valence-electron chi connectivity index (χ4n) is 2.57. The quantitative estimate of drug-likeness (QED) is 0.836. The number of ether oxygens (including phenoxy) is 1. The van der Waals surface area contributed by atoms with E-state index < -0.39 is 0 Å². The summed E-state index contributed by atoms with van der Waals surface area (Å²) in [7, 11) is 1.70. The van der Waals surface area contributed by atoms with E-state index in [-0.39, 0.29) is 0 Å². The van der Waals surface area contributed by atoms with Gasteiger partial charge in [0.2, 0.25) is 0 Å². The number of fused-ring (bicyclic) bond motifs is 1. The van der Waals surface area contributed by atoms with Crippen LogP contribution >= 0.6 is 0 Å². The van der Waals surface area contributed by atoms with Gasteiger partial charge in [0, 0.05) is 19.6 Å². The number of aliphatic imine (C=N–C) groups is 1. The Kier molecular flexibility index (Phi) is 2.63. The van der Waals surface area contributed by atoms with Gasteiger partial charge in [-0.2, -0.15) is 0 Å². The topological polar surface area (TPSA) is 36.9 Å². The lowest BCUT2D eigenvalue weighted by molar-refractivity contribution is 0.314. The number of nitrogens with one attached hydrogen (secondary N) is 1. The molecule has 4 heteroatoms. The number of hydrogen-bond donors (Lipinski definition) is 1. The first-order valence-electron chi connectivity index (χ1n) is 6.07. The monoisotopic (exact) mass is 231 g/mol. The molecule has 2 aliphatic rings. The predicted molar refractivity (Wildman–Crippen MR) is 67.4 cm³/mol. The molecular weight excluding hydrogens is 214 g/mol. The maximum atomic E-state index is 5.19. The SMILES string of the molecule is COc1ccc(C2CCN=C3NCCN32)cc1. The second-order valence-corrected chi connectivity index (χ2v) is 4.40. The lowest BCUT2D eigenvalue weighted by Crippen LogP contribution is -2.37. The Morgan fingerprint density at radius 1 is 1.35 bits per heavy atom. The van der Waals surface area contributed by atoms with Crippen molar-refractivity contribution in [2.75, 3.05) is 26.7 Å². The van der Waals surface area contributed by atoms with Crippen LogP contribution in [0.5, 0.6) is 5.75 Å². The van der Waals surface area contributed by atoms with Crippen LogP contribution in [0.4, 0.5) is 0 Å². The predicted octanol–water partition coefficient (Wildman–Crippen LogP) is 1.40. The summed E-state index contributed by atoms with van der Waals surface area (Å²) in [5.41, 5.74) is 1.35. The molecule has 0 bridgehead atoms. The number of nitrogens with zero attached hydrogens (tertiary/aromatic N) is 2. The van der Waals surface area contributed by atoms with Crippen molar-refractivity contribution in [2.24, 2.45) is 4.99 Å². The summed E-state index contributed by atoms with van der Waals surface area (Å²) in [5.74, 6) is 1.98. The average Bonchev–Trinajstić information content (AvgIpc) is 2.87. The molecule has 0 spiro atoms. The zero-order valence-electron chi connectivity index (χ0n) is 10.0. The number of hydrogen-bond acceptors (Lipinski definition) is 4. The molecule has 4 nitrogen and oxygen atoms in total. The van der Waals surface area contributed by atoms with Gasteiger partial charge < -0.3 is 15.0 Å². The molecule has 17 heavy (non-hydrogen) atoms. The fourth-order valence-corrected chi connectivity index (χ4v) is 2.57. The summed E-state index contributed by atoms with van der Waals surface area (Å²) < 4.78 is 5.19. The number of rotatable bonds is 2. The van der Waals surface area contributed by atoms with E-state index in [0.29, 0.717) is 6.04 Å². The van der Waals surface area contributed by atoms with Crippen molar-refractivity contribution >= 4 is 5.96 Å². The summed E-state index contributed by atoms with van der Waals surface area (Å²) in [6, 6.07) is 8.84. The molecule has 1 aromatic carbocycles. The van der Waals surface area contributed by atoms with Crippen molar-refractivity contribution in [2.45, 2.75) is 12.5 Å². The molecule has 1 fully saturated rings. The second-order valence-electron chi connectivity index (χ2n) is 4.40. The largest absolute Gasteiger partial charge is 0.497 e. The zero-order chi connectivity index (χ0) is 11.7. The summed E-state index contributed by atoms with van der Waals surface area (Å²) >= 11 is 0. The van der Waals surface area contributed by atoms with E-state index in [1.807, 2.05) is 12.1 Å². The number of benzene rings is 1. The highest BCUT2D eigenvalue weighted by Gasteiger charge is 2.29. The van der Waals surface area contributed by atoms with Gasteiger partial charge >= 0.3 is 0 Å². The zero-order valence-corrected chi connectivity index (χ0v) is 10.0. The Morgan fingerprint density at radius 3 is 2.94 bits per heavy atom. The van der Waals surface area contributed by atoms with Crippen LogP contribution in [0.15, 0.2) is 29.3 Å². The van der Waals surface area contributed by atoms with Gasteiger partial charge in [0.25, 0.3) is 0 Å². The maximum Gasteiger partial charge on any atom is 0.194 e. The molecule has 0 aromatic heterocycles. The van der Waals surface area contributed by atoms with E-state index in [0.717, 1.165) is 37.8 Å². The molecule has 2 aliphatic heterocycles. The van der Waals surface area contributed by atoms with E-state index >= 15 is 0 Å². The highest BCUT2D eigenvalue weighted by Crippen LogP contribution is 2.29. The molecule has 1 aromatic rings. The third-order valence-corrected chi connectivity index (χ3v) is 3.45. The Labute approximate surface area is 101 Å². The van der Waals surface area contributed by atoms with Gasteiger partial charge in [-0.25, -0.2) is 0 Å². The molecule has 0 aliphatic carbocycles. The van der Waals surface area contributed by atoms with E-state index in [2.05, 4.69) is 27.3 Å². The van der Waals surface area contributed by atoms with Crippen molar-refractivity contribution < 1.29 is 4.74 Å². The standard InChI is InChI=1S/C13H17N3O/c1-17-11-4-2-10(3-5-11)12-6-7-14-13-15-8-9-16(12)13/h2-5,12H,6-9H2,1H3,(H,14,15). The van der Waals surface area contributed by atoms with Gasteiger partial charge in [-0.3, -0.25) is 4.99 Å². The van der Waals surface area contributed by atoms with Crippen LogP contribution in [0, 0.1) is 0 Å². The van der Waals surface area contributed by atoms with Gasteiger partial charge in [0.1, 0.15) is 5.75 Å². The maximum absolute atomic E-state index is 5.19. The minimum atomic E-state index is 0.461. The van der Waals surface area contributed by atoms with Crippen LogP contribution in [0.25, 0.3) is 0 Å².